The third kappa shape index (κ3) is 4.99. The van der Waals surface area contributed by atoms with Gasteiger partial charge in [-0.05, 0) is 42.8 Å². The molecule has 0 aliphatic heterocycles. The van der Waals surface area contributed by atoms with Crippen LogP contribution in [0, 0.1) is 6.92 Å². The molecule has 44 heavy (non-hydrogen) atoms. The highest BCUT2D eigenvalue weighted by atomic mass is 32.2. The van der Waals surface area contributed by atoms with E-state index < -0.39 is 10.0 Å². The number of benzene rings is 6. The van der Waals surface area contributed by atoms with Crippen LogP contribution in [-0.2, 0) is 16.6 Å². The summed E-state index contributed by atoms with van der Waals surface area (Å²) in [7, 11) is -4.08. The number of aromatic amines is 1. The Morgan fingerprint density at radius 2 is 1.25 bits per heavy atom. The van der Waals surface area contributed by atoms with Crippen molar-refractivity contribution in [3.05, 3.63) is 157 Å². The highest BCUT2D eigenvalue weighted by molar-refractivity contribution is 7.93. The molecule has 0 bridgehead atoms. The van der Waals surface area contributed by atoms with E-state index >= 15 is 0 Å². The van der Waals surface area contributed by atoms with Crippen LogP contribution in [0.2, 0.25) is 0 Å². The Labute approximate surface area is 257 Å². The van der Waals surface area contributed by atoms with E-state index in [1.54, 1.807) is 12.1 Å². The van der Waals surface area contributed by atoms with Gasteiger partial charge in [-0.1, -0.05) is 121 Å². The molecule has 0 saturated heterocycles. The zero-order valence-corrected chi connectivity index (χ0v) is 25.1. The minimum absolute atomic E-state index is 0.225. The maximum Gasteiger partial charge on any atom is 0.268 e. The number of fused-ring (bicyclic) bond motifs is 2. The predicted molar refractivity (Wildman–Crippen MR) is 182 cm³/mol. The molecule has 0 fully saturated rings. The standard InChI is InChI=1S/C38H31N3O2S/c1-27-20-22-30(23-21-27)44(42,43)41(38-33-18-10-11-19-35(33)40-37(38)29-14-6-3-7-15-29)36-25-24-34(31-16-8-9-17-32(31)36)39-26-28-12-4-2-5-13-28/h2-25,39-40H,26H2,1H3. The minimum atomic E-state index is -4.08. The number of hydrogen-bond donors (Lipinski definition) is 2. The van der Waals surface area contributed by atoms with E-state index in [-0.39, 0.29) is 4.90 Å². The normalized spacial score (nSPS) is 11.6. The number of para-hydroxylation sites is 1. The van der Waals surface area contributed by atoms with E-state index in [0.29, 0.717) is 17.9 Å². The Balaban J connectivity index is 1.49. The van der Waals surface area contributed by atoms with Crippen molar-refractivity contribution in [2.45, 2.75) is 18.4 Å². The lowest BCUT2D eigenvalue weighted by Gasteiger charge is -2.27. The van der Waals surface area contributed by atoms with Gasteiger partial charge in [-0.3, -0.25) is 0 Å². The number of sulfonamides is 1. The number of H-pyrrole nitrogens is 1. The van der Waals surface area contributed by atoms with Gasteiger partial charge in [0.1, 0.15) is 0 Å². The van der Waals surface area contributed by atoms with E-state index in [1.165, 1.54) is 4.31 Å². The molecule has 0 aliphatic rings. The first-order valence-electron chi connectivity index (χ1n) is 14.6. The molecule has 7 rings (SSSR count). The fraction of sp³-hybridized carbons (Fsp3) is 0.0526. The minimum Gasteiger partial charge on any atom is -0.380 e. The summed E-state index contributed by atoms with van der Waals surface area (Å²) in [6.45, 7) is 2.60. The van der Waals surface area contributed by atoms with Gasteiger partial charge in [0.05, 0.1) is 22.0 Å². The van der Waals surface area contributed by atoms with Crippen LogP contribution >= 0.6 is 0 Å². The van der Waals surface area contributed by atoms with Gasteiger partial charge in [0.2, 0.25) is 0 Å². The number of rotatable bonds is 8. The van der Waals surface area contributed by atoms with Gasteiger partial charge >= 0.3 is 0 Å². The summed E-state index contributed by atoms with van der Waals surface area (Å²) >= 11 is 0. The Morgan fingerprint density at radius 1 is 0.636 bits per heavy atom. The highest BCUT2D eigenvalue weighted by Gasteiger charge is 2.33. The second kappa shape index (κ2) is 11.4. The summed E-state index contributed by atoms with van der Waals surface area (Å²) in [5, 5.41) is 6.15. The summed E-state index contributed by atoms with van der Waals surface area (Å²) in [5.74, 6) is 0. The average molecular weight is 594 g/mol. The Morgan fingerprint density at radius 3 is 1.98 bits per heavy atom. The van der Waals surface area contributed by atoms with Crippen molar-refractivity contribution in [3.63, 3.8) is 0 Å². The van der Waals surface area contributed by atoms with Gasteiger partial charge in [-0.15, -0.1) is 0 Å². The number of hydrogen-bond acceptors (Lipinski definition) is 3. The van der Waals surface area contributed by atoms with Crippen LogP contribution < -0.4 is 9.62 Å². The van der Waals surface area contributed by atoms with E-state index in [0.717, 1.165) is 49.7 Å². The number of aromatic nitrogens is 1. The largest absolute Gasteiger partial charge is 0.380 e. The van der Waals surface area contributed by atoms with E-state index in [9.17, 15) is 8.42 Å². The van der Waals surface area contributed by atoms with Crippen LogP contribution in [0.5, 0.6) is 0 Å². The molecule has 0 amide bonds. The number of aryl methyl sites for hydroxylation is 1. The maximum absolute atomic E-state index is 14.9. The number of nitrogens with one attached hydrogen (secondary N) is 2. The zero-order valence-electron chi connectivity index (χ0n) is 24.2. The summed E-state index contributed by atoms with van der Waals surface area (Å²) in [6.07, 6.45) is 0. The molecule has 0 saturated carbocycles. The lowest BCUT2D eigenvalue weighted by molar-refractivity contribution is 0.596. The van der Waals surface area contributed by atoms with Crippen LogP contribution in [0.3, 0.4) is 0 Å². The SMILES string of the molecule is Cc1ccc(S(=O)(=O)N(c2c(-c3ccccc3)[nH]c3ccccc23)c2ccc(NCc3ccccc3)c3ccccc23)cc1. The van der Waals surface area contributed by atoms with Crippen molar-refractivity contribution in [2.75, 3.05) is 9.62 Å². The van der Waals surface area contributed by atoms with E-state index in [2.05, 4.69) is 22.4 Å². The second-order valence-electron chi connectivity index (χ2n) is 10.9. The smallest absolute Gasteiger partial charge is 0.268 e. The molecule has 1 aromatic heterocycles. The second-order valence-corrected chi connectivity index (χ2v) is 12.6. The lowest BCUT2D eigenvalue weighted by atomic mass is 10.0. The predicted octanol–water partition coefficient (Wildman–Crippen LogP) is 9.44. The quantitative estimate of drug-likeness (QED) is 0.184. The molecule has 6 aromatic carbocycles. The highest BCUT2D eigenvalue weighted by Crippen LogP contribution is 2.46. The molecular formula is C38H31N3O2S. The third-order valence-electron chi connectivity index (χ3n) is 7.95. The molecule has 216 valence electrons. The molecule has 0 spiro atoms. The topological polar surface area (TPSA) is 65.2 Å². The molecule has 1 heterocycles. The van der Waals surface area contributed by atoms with Crippen molar-refractivity contribution < 1.29 is 8.42 Å². The Bertz CT molecular complexity index is 2190. The van der Waals surface area contributed by atoms with E-state index in [1.807, 2.05) is 128 Å². The molecular weight excluding hydrogens is 563 g/mol. The molecule has 0 aliphatic carbocycles. The van der Waals surface area contributed by atoms with Crippen molar-refractivity contribution in [1.82, 2.24) is 4.98 Å². The van der Waals surface area contributed by atoms with Crippen LogP contribution in [-0.4, -0.2) is 13.4 Å². The van der Waals surface area contributed by atoms with E-state index in [4.69, 9.17) is 0 Å². The molecule has 6 heteroatoms. The Kier molecular flexibility index (Phi) is 7.12. The van der Waals surface area contributed by atoms with Gasteiger partial charge in [-0.2, -0.15) is 0 Å². The van der Waals surface area contributed by atoms with Crippen LogP contribution in [0.4, 0.5) is 17.1 Å². The summed E-state index contributed by atoms with van der Waals surface area (Å²) in [5.41, 5.74) is 6.74. The summed E-state index contributed by atoms with van der Waals surface area (Å²) < 4.78 is 31.3. The third-order valence-corrected chi connectivity index (χ3v) is 9.68. The molecule has 2 N–H and O–H groups in total. The first-order valence-corrected chi connectivity index (χ1v) is 16.0. The monoisotopic (exact) mass is 593 g/mol. The van der Waals surface area contributed by atoms with Crippen LogP contribution in [0.1, 0.15) is 11.1 Å². The first kappa shape index (κ1) is 27.5. The first-order chi connectivity index (χ1) is 21.5. The molecule has 0 unspecified atom stereocenters. The number of anilines is 3. The lowest BCUT2D eigenvalue weighted by Crippen LogP contribution is -2.27. The van der Waals surface area contributed by atoms with Gasteiger partial charge < -0.3 is 10.3 Å². The van der Waals surface area contributed by atoms with Gasteiger partial charge in [0.15, 0.2) is 0 Å². The fourth-order valence-electron chi connectivity index (χ4n) is 5.75. The molecule has 5 nitrogen and oxygen atoms in total. The molecule has 0 radical (unpaired) electrons. The summed E-state index contributed by atoms with van der Waals surface area (Å²) in [6, 6.07) is 46.9. The fourth-order valence-corrected chi connectivity index (χ4v) is 7.28. The van der Waals surface area contributed by atoms with Gasteiger partial charge in [0, 0.05) is 39.5 Å². The van der Waals surface area contributed by atoms with Crippen LogP contribution in [0.15, 0.2) is 150 Å². The zero-order chi connectivity index (χ0) is 30.1. The van der Waals surface area contributed by atoms with Crippen molar-refractivity contribution >= 4 is 48.8 Å². The van der Waals surface area contributed by atoms with Crippen molar-refractivity contribution in [2.24, 2.45) is 0 Å². The van der Waals surface area contributed by atoms with Crippen molar-refractivity contribution in [3.8, 4) is 11.3 Å². The van der Waals surface area contributed by atoms with Gasteiger partial charge in [0.25, 0.3) is 10.0 Å². The van der Waals surface area contributed by atoms with Crippen LogP contribution in [0.25, 0.3) is 32.9 Å². The van der Waals surface area contributed by atoms with Gasteiger partial charge in [-0.25, -0.2) is 12.7 Å². The number of nitrogens with zero attached hydrogens (tertiary/aromatic N) is 1. The Hall–Kier alpha value is -5.33. The summed E-state index contributed by atoms with van der Waals surface area (Å²) in [4.78, 5) is 3.77. The average Bonchev–Trinajstić information content (AvgIpc) is 3.44. The molecule has 7 aromatic rings. The van der Waals surface area contributed by atoms with Crippen molar-refractivity contribution in [1.29, 1.82) is 0 Å². The molecule has 0 atom stereocenters. The maximum atomic E-state index is 14.9.